The van der Waals surface area contributed by atoms with Crippen LogP contribution in [-0.4, -0.2) is 6.04 Å². The summed E-state index contributed by atoms with van der Waals surface area (Å²) in [6, 6.07) is 0.533. The Morgan fingerprint density at radius 2 is 1.22 bits per heavy atom. The van der Waals surface area contributed by atoms with Crippen molar-refractivity contribution < 1.29 is 0 Å². The second-order valence-corrected chi connectivity index (χ2v) is 7.83. The molecule has 4 fully saturated rings. The molecule has 18 heavy (non-hydrogen) atoms. The molecule has 7 atom stereocenters. The van der Waals surface area contributed by atoms with E-state index in [2.05, 4.69) is 0 Å². The average molecular weight is 247 g/mol. The van der Waals surface area contributed by atoms with Crippen LogP contribution >= 0.6 is 0 Å². The van der Waals surface area contributed by atoms with E-state index < -0.39 is 0 Å². The molecule has 4 aliphatic carbocycles. The minimum Gasteiger partial charge on any atom is -0.328 e. The summed E-state index contributed by atoms with van der Waals surface area (Å²) in [5.74, 6) is 6.59. The highest BCUT2D eigenvalue weighted by Gasteiger charge is 2.48. The van der Waals surface area contributed by atoms with E-state index in [-0.39, 0.29) is 0 Å². The Balaban J connectivity index is 1.53. The molecular weight excluding hydrogens is 218 g/mol. The van der Waals surface area contributed by atoms with Crippen LogP contribution in [0.5, 0.6) is 0 Å². The number of nitrogens with two attached hydrogens (primary N) is 1. The van der Waals surface area contributed by atoms with Gasteiger partial charge in [0.15, 0.2) is 0 Å². The Hall–Kier alpha value is -0.0400. The molecule has 1 heteroatoms. The van der Waals surface area contributed by atoms with Crippen LogP contribution in [0.15, 0.2) is 0 Å². The number of hydrogen-bond donors (Lipinski definition) is 1. The van der Waals surface area contributed by atoms with Crippen molar-refractivity contribution >= 4 is 0 Å². The summed E-state index contributed by atoms with van der Waals surface area (Å²) >= 11 is 0. The van der Waals surface area contributed by atoms with Crippen LogP contribution < -0.4 is 5.73 Å². The molecule has 0 bridgehead atoms. The van der Waals surface area contributed by atoms with Crippen molar-refractivity contribution in [3.05, 3.63) is 0 Å². The van der Waals surface area contributed by atoms with Crippen molar-refractivity contribution in [2.24, 2.45) is 41.2 Å². The molecule has 0 aromatic rings. The molecule has 0 saturated heterocycles. The smallest absolute Gasteiger partial charge is 0.00416 e. The SMILES string of the molecule is NC1CCC2C(CCC3C4CCCC4CCC23)C1. The fraction of sp³-hybridized carbons (Fsp3) is 1.00. The highest BCUT2D eigenvalue weighted by molar-refractivity contribution is 4.99. The molecule has 0 heterocycles. The maximum atomic E-state index is 6.20. The van der Waals surface area contributed by atoms with Crippen LogP contribution in [0.3, 0.4) is 0 Å². The zero-order valence-corrected chi connectivity index (χ0v) is 11.7. The minimum absolute atomic E-state index is 0.533. The van der Waals surface area contributed by atoms with Crippen LogP contribution in [0.4, 0.5) is 0 Å². The van der Waals surface area contributed by atoms with E-state index in [0.29, 0.717) is 6.04 Å². The van der Waals surface area contributed by atoms with Crippen molar-refractivity contribution in [1.82, 2.24) is 0 Å². The van der Waals surface area contributed by atoms with Crippen molar-refractivity contribution in [1.29, 1.82) is 0 Å². The Morgan fingerprint density at radius 1 is 0.556 bits per heavy atom. The Labute approximate surface area is 112 Å². The van der Waals surface area contributed by atoms with Crippen molar-refractivity contribution in [2.75, 3.05) is 0 Å². The highest BCUT2D eigenvalue weighted by Crippen LogP contribution is 2.57. The summed E-state index contributed by atoms with van der Waals surface area (Å²) in [5.41, 5.74) is 6.20. The summed E-state index contributed by atoms with van der Waals surface area (Å²) < 4.78 is 0. The monoisotopic (exact) mass is 247 g/mol. The molecule has 0 amide bonds. The lowest BCUT2D eigenvalue weighted by molar-refractivity contribution is -0.0215. The van der Waals surface area contributed by atoms with E-state index in [1.807, 2.05) is 0 Å². The van der Waals surface area contributed by atoms with Gasteiger partial charge in [-0.05, 0) is 86.9 Å². The van der Waals surface area contributed by atoms with Gasteiger partial charge in [-0.2, -0.15) is 0 Å². The normalized spacial score (nSPS) is 55.5. The minimum atomic E-state index is 0.533. The largest absolute Gasteiger partial charge is 0.328 e. The first kappa shape index (κ1) is 11.8. The standard InChI is InChI=1S/C17H29N/c18-13-6-9-15-12(10-13)5-8-16-14-3-1-2-11(14)4-7-17(15)16/h11-17H,1-10,18H2. The van der Waals surface area contributed by atoms with E-state index in [9.17, 15) is 0 Å². The van der Waals surface area contributed by atoms with Gasteiger partial charge < -0.3 is 5.73 Å². The lowest BCUT2D eigenvalue weighted by Crippen LogP contribution is -2.46. The molecule has 2 N–H and O–H groups in total. The molecule has 0 radical (unpaired) electrons. The van der Waals surface area contributed by atoms with Gasteiger partial charge in [-0.25, -0.2) is 0 Å². The van der Waals surface area contributed by atoms with E-state index in [4.69, 9.17) is 5.73 Å². The number of fused-ring (bicyclic) bond motifs is 5. The van der Waals surface area contributed by atoms with Crippen LogP contribution in [0, 0.1) is 35.5 Å². The second kappa shape index (κ2) is 4.51. The summed E-state index contributed by atoms with van der Waals surface area (Å²) in [7, 11) is 0. The van der Waals surface area contributed by atoms with Crippen LogP contribution in [0.1, 0.15) is 64.2 Å². The lowest BCUT2D eigenvalue weighted by atomic mass is 9.53. The van der Waals surface area contributed by atoms with E-state index in [1.165, 1.54) is 32.1 Å². The first-order valence-electron chi connectivity index (χ1n) is 8.58. The topological polar surface area (TPSA) is 26.0 Å². The molecule has 4 aliphatic rings. The molecule has 4 saturated carbocycles. The third-order valence-electron chi connectivity index (χ3n) is 7.19. The first-order chi connectivity index (χ1) is 8.83. The van der Waals surface area contributed by atoms with Gasteiger partial charge in [0.1, 0.15) is 0 Å². The quantitative estimate of drug-likeness (QED) is 0.689. The maximum Gasteiger partial charge on any atom is 0.00416 e. The van der Waals surface area contributed by atoms with Gasteiger partial charge in [0.2, 0.25) is 0 Å². The molecular formula is C17H29N. The summed E-state index contributed by atoms with van der Waals surface area (Å²) in [6.07, 6.45) is 15.0. The van der Waals surface area contributed by atoms with Crippen LogP contribution in [0.25, 0.3) is 0 Å². The third-order valence-corrected chi connectivity index (χ3v) is 7.19. The summed E-state index contributed by atoms with van der Waals surface area (Å²) in [5, 5.41) is 0. The molecule has 0 aromatic carbocycles. The predicted molar refractivity (Wildman–Crippen MR) is 75.1 cm³/mol. The molecule has 102 valence electrons. The zero-order valence-electron chi connectivity index (χ0n) is 11.7. The highest BCUT2D eigenvalue weighted by atomic mass is 14.7. The van der Waals surface area contributed by atoms with Crippen molar-refractivity contribution in [3.8, 4) is 0 Å². The van der Waals surface area contributed by atoms with E-state index in [0.717, 1.165) is 35.5 Å². The van der Waals surface area contributed by atoms with E-state index >= 15 is 0 Å². The van der Waals surface area contributed by atoms with Gasteiger partial charge in [-0.15, -0.1) is 0 Å². The van der Waals surface area contributed by atoms with Crippen LogP contribution in [-0.2, 0) is 0 Å². The van der Waals surface area contributed by atoms with Gasteiger partial charge >= 0.3 is 0 Å². The van der Waals surface area contributed by atoms with Crippen molar-refractivity contribution in [3.63, 3.8) is 0 Å². The molecule has 4 rings (SSSR count). The summed E-state index contributed by atoms with van der Waals surface area (Å²) in [6.45, 7) is 0. The van der Waals surface area contributed by atoms with Crippen LogP contribution in [0.2, 0.25) is 0 Å². The Morgan fingerprint density at radius 3 is 2.06 bits per heavy atom. The predicted octanol–water partition coefficient (Wildman–Crippen LogP) is 3.97. The number of hydrogen-bond acceptors (Lipinski definition) is 1. The molecule has 0 aromatic heterocycles. The zero-order chi connectivity index (χ0) is 12.1. The third kappa shape index (κ3) is 1.77. The fourth-order valence-corrected chi connectivity index (χ4v) is 6.51. The average Bonchev–Trinajstić information content (AvgIpc) is 2.86. The van der Waals surface area contributed by atoms with Gasteiger partial charge in [0.05, 0.1) is 0 Å². The molecule has 0 aliphatic heterocycles. The van der Waals surface area contributed by atoms with E-state index in [1.54, 1.807) is 32.1 Å². The van der Waals surface area contributed by atoms with Crippen molar-refractivity contribution in [2.45, 2.75) is 70.3 Å². The summed E-state index contributed by atoms with van der Waals surface area (Å²) in [4.78, 5) is 0. The van der Waals surface area contributed by atoms with Gasteiger partial charge in [-0.1, -0.05) is 12.8 Å². The Bertz CT molecular complexity index is 313. The van der Waals surface area contributed by atoms with Gasteiger partial charge in [0.25, 0.3) is 0 Å². The lowest BCUT2D eigenvalue weighted by Gasteiger charge is -2.52. The Kier molecular flexibility index (Phi) is 2.94. The van der Waals surface area contributed by atoms with Gasteiger partial charge in [0, 0.05) is 6.04 Å². The molecule has 1 nitrogen and oxygen atoms in total. The molecule has 0 spiro atoms. The first-order valence-corrected chi connectivity index (χ1v) is 8.58. The fourth-order valence-electron chi connectivity index (χ4n) is 6.51. The molecule has 7 unspecified atom stereocenters. The maximum absolute atomic E-state index is 6.20. The second-order valence-electron chi connectivity index (χ2n) is 7.83. The van der Waals surface area contributed by atoms with Gasteiger partial charge in [-0.3, -0.25) is 0 Å². The number of rotatable bonds is 0.